The number of nitrogens with one attached hydrogen (secondary N) is 4. The van der Waals surface area contributed by atoms with Gasteiger partial charge < -0.3 is 21.7 Å². The van der Waals surface area contributed by atoms with Gasteiger partial charge in [-0.3, -0.25) is 24.9 Å². The van der Waals surface area contributed by atoms with Crippen molar-refractivity contribution in [1.29, 1.82) is 5.41 Å². The third-order valence-electron chi connectivity index (χ3n) is 5.93. The first kappa shape index (κ1) is 30.9. The average molecular weight is 571 g/mol. The largest absolute Gasteiger partial charge is 0.384 e. The molecule has 212 valence electrons. The van der Waals surface area contributed by atoms with Crippen LogP contribution < -0.4 is 26.8 Å². The van der Waals surface area contributed by atoms with Gasteiger partial charge in [-0.15, -0.1) is 0 Å². The Balaban J connectivity index is 0.000000496. The number of benzene rings is 4. The number of hydrogen-bond acceptors (Lipinski definition) is 6. The Bertz CT molecular complexity index is 1460. The van der Waals surface area contributed by atoms with Gasteiger partial charge in [0.15, 0.2) is 0 Å². The number of carbonyl (C=O) groups excluding carboxylic acids is 3. The number of amides is 3. The summed E-state index contributed by atoms with van der Waals surface area (Å²) in [6.45, 7) is 0.357. The van der Waals surface area contributed by atoms with Gasteiger partial charge in [-0.1, -0.05) is 84.9 Å². The van der Waals surface area contributed by atoms with Crippen LogP contribution in [0, 0.1) is 5.41 Å². The number of nitrogen functional groups attached to an aromatic ring is 1. The van der Waals surface area contributed by atoms with Crippen LogP contribution in [0.1, 0.15) is 23.1 Å². The van der Waals surface area contributed by atoms with Crippen molar-refractivity contribution in [2.45, 2.75) is 24.3 Å². The summed E-state index contributed by atoms with van der Waals surface area (Å²) < 4.78 is 0. The minimum Gasteiger partial charge on any atom is -0.384 e. The summed E-state index contributed by atoms with van der Waals surface area (Å²) in [5.74, 6) is -0.814. The van der Waals surface area contributed by atoms with Gasteiger partial charge in [-0.2, -0.15) is 0 Å². The molecule has 9 nitrogen and oxygen atoms in total. The fourth-order valence-electron chi connectivity index (χ4n) is 3.74. The molecule has 4 rings (SSSR count). The number of nitrogens with two attached hydrogens (primary N) is 2. The highest BCUT2D eigenvalue weighted by Crippen LogP contribution is 2.16. The van der Waals surface area contributed by atoms with Crippen molar-refractivity contribution < 1.29 is 14.4 Å². The van der Waals surface area contributed by atoms with E-state index in [9.17, 15) is 14.4 Å². The summed E-state index contributed by atoms with van der Waals surface area (Å²) in [5.41, 5.74) is 7.78. The van der Waals surface area contributed by atoms with Crippen LogP contribution in [0.5, 0.6) is 0 Å². The molecule has 0 saturated heterocycles. The van der Waals surface area contributed by atoms with Crippen molar-refractivity contribution in [2.24, 2.45) is 10.9 Å². The van der Waals surface area contributed by atoms with Crippen molar-refractivity contribution in [1.82, 2.24) is 16.0 Å². The lowest BCUT2D eigenvalue weighted by Gasteiger charge is -2.09. The zero-order valence-electron chi connectivity index (χ0n) is 22.6. The van der Waals surface area contributed by atoms with Crippen LogP contribution in [0.4, 0.5) is 0 Å². The van der Waals surface area contributed by atoms with Gasteiger partial charge in [0.25, 0.3) is 0 Å². The van der Waals surface area contributed by atoms with Crippen LogP contribution in [0.3, 0.4) is 0 Å². The molecule has 0 atom stereocenters. The van der Waals surface area contributed by atoms with Crippen LogP contribution in [0.25, 0.3) is 10.8 Å². The van der Waals surface area contributed by atoms with Crippen molar-refractivity contribution >= 4 is 46.3 Å². The van der Waals surface area contributed by atoms with Gasteiger partial charge in [0, 0.05) is 30.0 Å². The Hall–Kier alpha value is -4.67. The van der Waals surface area contributed by atoms with Gasteiger partial charge in [0.1, 0.15) is 5.84 Å². The van der Waals surface area contributed by atoms with E-state index in [2.05, 4.69) is 16.0 Å². The second-order valence-corrected chi connectivity index (χ2v) is 9.76. The Kier molecular flexibility index (Phi) is 12.4. The van der Waals surface area contributed by atoms with Gasteiger partial charge in [-0.05, 0) is 46.0 Å². The van der Waals surface area contributed by atoms with Crippen LogP contribution in [-0.4, -0.2) is 36.6 Å². The second-order valence-electron chi connectivity index (χ2n) is 9.05. The maximum Gasteiger partial charge on any atom is 0.239 e. The molecule has 4 aromatic rings. The SMILES string of the molecule is N=C(N)c1ccc(CNC(=O)CNC(=O)CCNC(=O)Cc2ccc3ccccc3c2)cc1.NSc1ccccc1. The molecule has 0 fully saturated rings. The molecule has 10 heteroatoms. The van der Waals surface area contributed by atoms with Gasteiger partial charge in [-0.25, -0.2) is 0 Å². The monoisotopic (exact) mass is 570 g/mol. The maximum atomic E-state index is 12.1. The zero-order chi connectivity index (χ0) is 29.5. The molecule has 0 unspecified atom stereocenters. The fraction of sp³-hybridized carbons (Fsp3) is 0.161. The van der Waals surface area contributed by atoms with Crippen molar-refractivity contribution in [3.8, 4) is 0 Å². The minimum atomic E-state index is -0.320. The second kappa shape index (κ2) is 16.4. The van der Waals surface area contributed by atoms with E-state index >= 15 is 0 Å². The van der Waals surface area contributed by atoms with Crippen LogP contribution in [-0.2, 0) is 27.3 Å². The summed E-state index contributed by atoms with van der Waals surface area (Å²) in [4.78, 5) is 37.1. The summed E-state index contributed by atoms with van der Waals surface area (Å²) in [5, 5.41) is 22.8. The Morgan fingerprint density at radius 3 is 2.02 bits per heavy atom. The number of hydrogen-bond donors (Lipinski definition) is 6. The van der Waals surface area contributed by atoms with Crippen LogP contribution in [0.15, 0.2) is 102 Å². The smallest absolute Gasteiger partial charge is 0.239 e. The normalized spacial score (nSPS) is 10.2. The van der Waals surface area contributed by atoms with Gasteiger partial charge >= 0.3 is 0 Å². The van der Waals surface area contributed by atoms with E-state index in [1.54, 1.807) is 24.3 Å². The predicted molar refractivity (Wildman–Crippen MR) is 164 cm³/mol. The van der Waals surface area contributed by atoms with Crippen molar-refractivity contribution in [2.75, 3.05) is 13.1 Å². The Morgan fingerprint density at radius 2 is 1.37 bits per heavy atom. The summed E-state index contributed by atoms with van der Waals surface area (Å²) in [6.07, 6.45) is 0.325. The third-order valence-corrected chi connectivity index (χ3v) is 6.48. The lowest BCUT2D eigenvalue weighted by Crippen LogP contribution is -2.38. The predicted octanol–water partition coefficient (Wildman–Crippen LogP) is 3.26. The van der Waals surface area contributed by atoms with Crippen LogP contribution in [0.2, 0.25) is 0 Å². The highest BCUT2D eigenvalue weighted by atomic mass is 32.2. The molecule has 0 radical (unpaired) electrons. The molecule has 0 aliphatic heterocycles. The van der Waals surface area contributed by atoms with E-state index in [0.717, 1.165) is 26.8 Å². The van der Waals surface area contributed by atoms with Crippen molar-refractivity contribution in [3.05, 3.63) is 114 Å². The fourth-order valence-corrected chi connectivity index (χ4v) is 4.06. The van der Waals surface area contributed by atoms with E-state index < -0.39 is 0 Å². The molecule has 0 aromatic heterocycles. The summed E-state index contributed by atoms with van der Waals surface area (Å²) in [7, 11) is 0. The molecule has 0 heterocycles. The van der Waals surface area contributed by atoms with Gasteiger partial charge in [0.05, 0.1) is 13.0 Å². The molecule has 4 aromatic carbocycles. The highest BCUT2D eigenvalue weighted by Gasteiger charge is 2.08. The maximum absolute atomic E-state index is 12.1. The number of carbonyl (C=O) groups is 3. The lowest BCUT2D eigenvalue weighted by atomic mass is 10.0. The molecule has 0 saturated carbocycles. The first-order valence-electron chi connectivity index (χ1n) is 13.0. The lowest BCUT2D eigenvalue weighted by molar-refractivity contribution is -0.126. The quantitative estimate of drug-likeness (QED) is 0.0921. The number of amidine groups is 1. The first-order valence-corrected chi connectivity index (χ1v) is 13.8. The van der Waals surface area contributed by atoms with E-state index in [0.29, 0.717) is 12.1 Å². The Morgan fingerprint density at radius 1 is 0.707 bits per heavy atom. The van der Waals surface area contributed by atoms with E-state index in [-0.39, 0.29) is 49.5 Å². The zero-order valence-corrected chi connectivity index (χ0v) is 23.4. The molecule has 0 aliphatic carbocycles. The molecule has 3 amide bonds. The van der Waals surface area contributed by atoms with E-state index in [1.165, 1.54) is 11.9 Å². The topological polar surface area (TPSA) is 163 Å². The molecule has 8 N–H and O–H groups in total. The average Bonchev–Trinajstić information content (AvgIpc) is 3.00. The number of rotatable bonds is 11. The Labute approximate surface area is 243 Å². The standard InChI is InChI=1S/C25H27N5O3.C6H7NS/c26-25(27)20-9-5-17(6-10-20)15-29-24(33)16-30-22(31)11-12-28-23(32)14-18-7-8-19-3-1-2-4-21(19)13-18;7-8-6-4-2-1-3-5-6/h1-10,13H,11-12,14-16H2,(H3,26,27)(H,28,32)(H,29,33)(H,30,31);1-5H,7H2. The number of fused-ring (bicyclic) bond motifs is 1. The van der Waals surface area contributed by atoms with Crippen LogP contribution >= 0.6 is 11.9 Å². The minimum absolute atomic E-state index is 0.0156. The van der Waals surface area contributed by atoms with E-state index in [4.69, 9.17) is 16.3 Å². The molecular weight excluding hydrogens is 536 g/mol. The molecular formula is C31H34N6O3S. The third kappa shape index (κ3) is 11.1. The van der Waals surface area contributed by atoms with E-state index in [1.807, 2.05) is 72.8 Å². The summed E-state index contributed by atoms with van der Waals surface area (Å²) >= 11 is 1.27. The summed E-state index contributed by atoms with van der Waals surface area (Å²) in [6, 6.07) is 30.7. The molecule has 0 aliphatic rings. The van der Waals surface area contributed by atoms with Gasteiger partial charge in [0.2, 0.25) is 17.7 Å². The first-order chi connectivity index (χ1) is 19.8. The molecule has 0 bridgehead atoms. The molecule has 0 spiro atoms. The highest BCUT2D eigenvalue weighted by molar-refractivity contribution is 7.97. The molecule has 41 heavy (non-hydrogen) atoms. The van der Waals surface area contributed by atoms with Crippen molar-refractivity contribution in [3.63, 3.8) is 0 Å².